The van der Waals surface area contributed by atoms with Crippen molar-refractivity contribution >= 4 is 0 Å². The summed E-state index contributed by atoms with van der Waals surface area (Å²) in [6.07, 6.45) is 0.154. The minimum Gasteiger partial charge on any atom is -0.394 e. The lowest BCUT2D eigenvalue weighted by Gasteiger charge is -2.36. The number of aliphatic hydroxyl groups is 1. The van der Waals surface area contributed by atoms with Crippen LogP contribution in [0.15, 0.2) is 18.2 Å². The van der Waals surface area contributed by atoms with Crippen LogP contribution in [-0.2, 0) is 11.3 Å². The van der Waals surface area contributed by atoms with Crippen molar-refractivity contribution in [2.24, 2.45) is 0 Å². The van der Waals surface area contributed by atoms with Crippen LogP contribution in [0.4, 0.5) is 0 Å². The number of benzene rings is 1. The van der Waals surface area contributed by atoms with Gasteiger partial charge in [-0.15, -0.1) is 0 Å². The minimum absolute atomic E-state index is 0.0420. The lowest BCUT2D eigenvalue weighted by molar-refractivity contribution is -0.0972. The highest BCUT2D eigenvalue weighted by molar-refractivity contribution is 5.28. The van der Waals surface area contributed by atoms with E-state index in [1.807, 2.05) is 0 Å². The van der Waals surface area contributed by atoms with Crippen LogP contribution >= 0.6 is 0 Å². The summed E-state index contributed by atoms with van der Waals surface area (Å²) in [5.74, 6) is 0. The van der Waals surface area contributed by atoms with E-state index in [1.54, 1.807) is 0 Å². The van der Waals surface area contributed by atoms with E-state index in [2.05, 4.69) is 43.9 Å². The Hall–Kier alpha value is -0.900. The molecule has 100 valence electrons. The maximum Gasteiger partial charge on any atom is 0.0936 e. The van der Waals surface area contributed by atoms with Crippen molar-refractivity contribution in [1.29, 1.82) is 0 Å². The van der Waals surface area contributed by atoms with Crippen LogP contribution in [0, 0.1) is 13.8 Å². The maximum atomic E-state index is 9.23. The first kappa shape index (κ1) is 13.5. The molecular weight excluding hydrogens is 226 g/mol. The molecule has 3 nitrogen and oxygen atoms in total. The fourth-order valence-electron chi connectivity index (χ4n) is 2.79. The molecule has 2 rings (SSSR count). The second-order valence-corrected chi connectivity index (χ2v) is 5.44. The zero-order chi connectivity index (χ0) is 13.1. The standard InChI is InChI=1S/C15H23NO2/c1-11-4-12(2)6-14(5-11)8-16-7-13(3)18-15(9-16)10-17/h4-6,13,15,17H,7-10H2,1-3H3. The molecule has 0 spiro atoms. The normalized spacial score (nSPS) is 25.3. The Bertz CT molecular complexity index is 385. The topological polar surface area (TPSA) is 32.7 Å². The van der Waals surface area contributed by atoms with Crippen LogP contribution in [0.5, 0.6) is 0 Å². The third-order valence-corrected chi connectivity index (χ3v) is 3.29. The molecule has 1 aromatic rings. The molecule has 1 saturated heterocycles. The molecule has 0 radical (unpaired) electrons. The van der Waals surface area contributed by atoms with Crippen molar-refractivity contribution in [2.75, 3.05) is 19.7 Å². The largest absolute Gasteiger partial charge is 0.394 e. The molecule has 3 heteroatoms. The Morgan fingerprint density at radius 2 is 1.89 bits per heavy atom. The molecule has 1 aliphatic rings. The molecule has 1 heterocycles. The molecular formula is C15H23NO2. The number of hydrogen-bond acceptors (Lipinski definition) is 3. The molecule has 2 atom stereocenters. The first-order valence-electron chi connectivity index (χ1n) is 6.62. The number of ether oxygens (including phenoxy) is 1. The van der Waals surface area contributed by atoms with Crippen molar-refractivity contribution in [1.82, 2.24) is 4.90 Å². The van der Waals surface area contributed by atoms with Crippen molar-refractivity contribution in [3.8, 4) is 0 Å². The van der Waals surface area contributed by atoms with Crippen LogP contribution in [0.1, 0.15) is 23.6 Å². The zero-order valence-electron chi connectivity index (χ0n) is 11.5. The summed E-state index contributed by atoms with van der Waals surface area (Å²) in [6.45, 7) is 9.12. The van der Waals surface area contributed by atoms with Gasteiger partial charge in [0.05, 0.1) is 18.8 Å². The summed E-state index contributed by atoms with van der Waals surface area (Å²) in [7, 11) is 0. The Morgan fingerprint density at radius 1 is 1.22 bits per heavy atom. The smallest absolute Gasteiger partial charge is 0.0936 e. The quantitative estimate of drug-likeness (QED) is 0.888. The predicted molar refractivity (Wildman–Crippen MR) is 72.6 cm³/mol. The average Bonchev–Trinajstić information content (AvgIpc) is 2.26. The van der Waals surface area contributed by atoms with Gasteiger partial charge in [0, 0.05) is 19.6 Å². The van der Waals surface area contributed by atoms with Gasteiger partial charge in [-0.25, -0.2) is 0 Å². The van der Waals surface area contributed by atoms with Gasteiger partial charge >= 0.3 is 0 Å². The molecule has 1 aliphatic heterocycles. The van der Waals surface area contributed by atoms with Gasteiger partial charge in [0.2, 0.25) is 0 Å². The van der Waals surface area contributed by atoms with Crippen molar-refractivity contribution in [3.05, 3.63) is 34.9 Å². The second kappa shape index (κ2) is 5.83. The number of aliphatic hydroxyl groups excluding tert-OH is 1. The SMILES string of the molecule is Cc1cc(C)cc(CN2CC(C)OC(CO)C2)c1. The van der Waals surface area contributed by atoms with Crippen LogP contribution in [-0.4, -0.2) is 41.9 Å². The van der Waals surface area contributed by atoms with Crippen LogP contribution in [0.3, 0.4) is 0 Å². The monoisotopic (exact) mass is 249 g/mol. The van der Waals surface area contributed by atoms with Gasteiger partial charge in [-0.3, -0.25) is 4.90 Å². The van der Waals surface area contributed by atoms with E-state index in [0.29, 0.717) is 0 Å². The molecule has 0 bridgehead atoms. The number of aryl methyl sites for hydroxylation is 2. The summed E-state index contributed by atoms with van der Waals surface area (Å²) in [5, 5.41) is 9.23. The summed E-state index contributed by atoms with van der Waals surface area (Å²) < 4.78 is 5.66. The van der Waals surface area contributed by atoms with E-state index in [-0.39, 0.29) is 18.8 Å². The Balaban J connectivity index is 2.03. The number of hydrogen-bond donors (Lipinski definition) is 1. The van der Waals surface area contributed by atoms with Crippen LogP contribution in [0.2, 0.25) is 0 Å². The van der Waals surface area contributed by atoms with Crippen molar-refractivity contribution in [3.63, 3.8) is 0 Å². The van der Waals surface area contributed by atoms with E-state index in [1.165, 1.54) is 16.7 Å². The number of morpholine rings is 1. The first-order chi connectivity index (χ1) is 8.56. The van der Waals surface area contributed by atoms with E-state index in [9.17, 15) is 5.11 Å². The lowest BCUT2D eigenvalue weighted by atomic mass is 10.1. The molecule has 1 N–H and O–H groups in total. The lowest BCUT2D eigenvalue weighted by Crippen LogP contribution is -2.47. The molecule has 2 unspecified atom stereocenters. The summed E-state index contributed by atoms with van der Waals surface area (Å²) in [6, 6.07) is 6.67. The van der Waals surface area contributed by atoms with E-state index in [0.717, 1.165) is 19.6 Å². The predicted octanol–water partition coefficient (Wildman–Crippen LogP) is 1.89. The van der Waals surface area contributed by atoms with Gasteiger partial charge in [-0.1, -0.05) is 29.3 Å². The minimum atomic E-state index is -0.0420. The summed E-state index contributed by atoms with van der Waals surface area (Å²) >= 11 is 0. The van der Waals surface area contributed by atoms with Crippen molar-refractivity contribution in [2.45, 2.75) is 39.5 Å². The van der Waals surface area contributed by atoms with Gasteiger partial charge < -0.3 is 9.84 Å². The van der Waals surface area contributed by atoms with Gasteiger partial charge in [0.1, 0.15) is 0 Å². The number of rotatable bonds is 3. The Morgan fingerprint density at radius 3 is 2.50 bits per heavy atom. The van der Waals surface area contributed by atoms with Gasteiger partial charge in [0.25, 0.3) is 0 Å². The molecule has 0 aliphatic carbocycles. The molecule has 18 heavy (non-hydrogen) atoms. The van der Waals surface area contributed by atoms with E-state index >= 15 is 0 Å². The third kappa shape index (κ3) is 3.55. The Kier molecular flexibility index (Phi) is 4.38. The van der Waals surface area contributed by atoms with E-state index in [4.69, 9.17) is 4.74 Å². The number of nitrogens with zero attached hydrogens (tertiary/aromatic N) is 1. The summed E-state index contributed by atoms with van der Waals surface area (Å²) in [5.41, 5.74) is 3.97. The highest BCUT2D eigenvalue weighted by Gasteiger charge is 2.24. The molecule has 1 fully saturated rings. The first-order valence-corrected chi connectivity index (χ1v) is 6.62. The molecule has 0 amide bonds. The van der Waals surface area contributed by atoms with Crippen LogP contribution in [0.25, 0.3) is 0 Å². The van der Waals surface area contributed by atoms with E-state index < -0.39 is 0 Å². The van der Waals surface area contributed by atoms with Gasteiger partial charge in [-0.2, -0.15) is 0 Å². The van der Waals surface area contributed by atoms with Crippen molar-refractivity contribution < 1.29 is 9.84 Å². The third-order valence-electron chi connectivity index (χ3n) is 3.29. The highest BCUT2D eigenvalue weighted by atomic mass is 16.5. The zero-order valence-corrected chi connectivity index (χ0v) is 11.5. The fourth-order valence-corrected chi connectivity index (χ4v) is 2.79. The highest BCUT2D eigenvalue weighted by Crippen LogP contribution is 2.16. The molecule has 0 saturated carbocycles. The average molecular weight is 249 g/mol. The van der Waals surface area contributed by atoms with Gasteiger partial charge in [0.15, 0.2) is 0 Å². The summed E-state index contributed by atoms with van der Waals surface area (Å²) in [4.78, 5) is 2.36. The maximum absolute atomic E-state index is 9.23. The Labute approximate surface area is 109 Å². The van der Waals surface area contributed by atoms with Crippen LogP contribution < -0.4 is 0 Å². The molecule has 1 aromatic carbocycles. The van der Waals surface area contributed by atoms with Gasteiger partial charge in [-0.05, 0) is 26.3 Å². The molecule has 0 aromatic heterocycles. The second-order valence-electron chi connectivity index (χ2n) is 5.44. The fraction of sp³-hybridized carbons (Fsp3) is 0.600.